The van der Waals surface area contributed by atoms with Gasteiger partial charge in [0.05, 0.1) is 18.7 Å². The van der Waals surface area contributed by atoms with Crippen LogP contribution in [0, 0.1) is 11.8 Å². The van der Waals surface area contributed by atoms with Crippen molar-refractivity contribution in [2.75, 3.05) is 20.2 Å². The molecule has 0 bridgehead atoms. The van der Waals surface area contributed by atoms with Crippen LogP contribution in [0.15, 0.2) is 0 Å². The number of carbonyl (C=O) groups excluding carboxylic acids is 3. The number of aromatic nitrogens is 1. The third-order valence-electron chi connectivity index (χ3n) is 6.63. The number of likely N-dealkylation sites (tertiary alicyclic amines) is 1. The molecule has 184 valence electrons. The molecule has 3 rings (SSSR count). The molecule has 1 aromatic rings. The highest BCUT2D eigenvalue weighted by atomic mass is 32.1. The number of hydrogen-bond donors (Lipinski definition) is 1. The smallest absolute Gasteiger partial charge is 0.410 e. The second kappa shape index (κ2) is 10.8. The standard InChI is InChI=1S/C24H37N3O5S/c1-24(2,3)32-23(30)27-13-11-15(12-14-27)5-10-18-19(33-21(26-18)20(25)28)16-6-8-17(9-7-16)22(29)31-4/h15-17H,5-14H2,1-4H3,(H2,25,28). The fourth-order valence-electron chi connectivity index (χ4n) is 4.80. The predicted octanol–water partition coefficient (Wildman–Crippen LogP) is 4.27. The number of carbonyl (C=O) groups is 3. The van der Waals surface area contributed by atoms with E-state index in [4.69, 9.17) is 15.2 Å². The minimum absolute atomic E-state index is 0.0339. The minimum Gasteiger partial charge on any atom is -0.469 e. The van der Waals surface area contributed by atoms with Crippen LogP contribution in [-0.4, -0.2) is 53.7 Å². The maximum atomic E-state index is 12.3. The zero-order chi connectivity index (χ0) is 24.2. The molecule has 2 N–H and O–H groups in total. The van der Waals surface area contributed by atoms with Crippen molar-refractivity contribution in [2.45, 2.75) is 83.7 Å². The van der Waals surface area contributed by atoms with E-state index in [2.05, 4.69) is 4.98 Å². The second-order valence-electron chi connectivity index (χ2n) is 10.2. The Bertz CT molecular complexity index is 847. The van der Waals surface area contributed by atoms with Gasteiger partial charge in [0, 0.05) is 18.0 Å². The van der Waals surface area contributed by atoms with Gasteiger partial charge in [0.15, 0.2) is 5.01 Å². The quantitative estimate of drug-likeness (QED) is 0.610. The summed E-state index contributed by atoms with van der Waals surface area (Å²) in [4.78, 5) is 43.5. The lowest BCUT2D eigenvalue weighted by Crippen LogP contribution is -2.41. The second-order valence-corrected chi connectivity index (χ2v) is 11.2. The van der Waals surface area contributed by atoms with Crippen LogP contribution in [0.25, 0.3) is 0 Å². The topological polar surface area (TPSA) is 112 Å². The summed E-state index contributed by atoms with van der Waals surface area (Å²) in [7, 11) is 1.44. The normalized spacial score (nSPS) is 22.1. The number of methoxy groups -OCH3 is 1. The number of ether oxygens (including phenoxy) is 2. The van der Waals surface area contributed by atoms with Crippen molar-refractivity contribution in [3.63, 3.8) is 0 Å². The van der Waals surface area contributed by atoms with Crippen LogP contribution in [0.2, 0.25) is 0 Å². The number of primary amides is 1. The maximum Gasteiger partial charge on any atom is 0.410 e. The number of esters is 1. The Hall–Kier alpha value is -2.16. The molecule has 0 unspecified atom stereocenters. The number of amides is 2. The van der Waals surface area contributed by atoms with Gasteiger partial charge in [-0.15, -0.1) is 11.3 Å². The van der Waals surface area contributed by atoms with Crippen molar-refractivity contribution in [1.29, 1.82) is 0 Å². The first-order valence-corrected chi connectivity index (χ1v) is 12.7. The average molecular weight is 480 g/mol. The summed E-state index contributed by atoms with van der Waals surface area (Å²) in [5, 5.41) is 0.370. The van der Waals surface area contributed by atoms with Crippen LogP contribution in [0.4, 0.5) is 4.79 Å². The van der Waals surface area contributed by atoms with Crippen molar-refractivity contribution in [1.82, 2.24) is 9.88 Å². The van der Waals surface area contributed by atoms with E-state index in [-0.39, 0.29) is 18.0 Å². The summed E-state index contributed by atoms with van der Waals surface area (Å²) >= 11 is 1.41. The number of rotatable bonds is 6. The Morgan fingerprint density at radius 3 is 2.27 bits per heavy atom. The molecule has 1 saturated carbocycles. The van der Waals surface area contributed by atoms with Crippen LogP contribution in [0.5, 0.6) is 0 Å². The number of thiazole rings is 1. The molecule has 8 nitrogen and oxygen atoms in total. The molecular formula is C24H37N3O5S. The van der Waals surface area contributed by atoms with E-state index in [1.54, 1.807) is 4.90 Å². The molecule has 2 heterocycles. The molecule has 1 aliphatic heterocycles. The van der Waals surface area contributed by atoms with Crippen molar-refractivity contribution < 1.29 is 23.9 Å². The van der Waals surface area contributed by atoms with E-state index in [1.165, 1.54) is 18.4 Å². The van der Waals surface area contributed by atoms with Crippen LogP contribution < -0.4 is 5.73 Å². The highest BCUT2D eigenvalue weighted by Crippen LogP contribution is 2.41. The number of nitrogens with two attached hydrogens (primary N) is 1. The lowest BCUT2D eigenvalue weighted by molar-refractivity contribution is -0.146. The van der Waals surface area contributed by atoms with Gasteiger partial charge in [0.1, 0.15) is 5.60 Å². The molecule has 33 heavy (non-hydrogen) atoms. The summed E-state index contributed by atoms with van der Waals surface area (Å²) in [6.07, 6.45) is 6.77. The fraction of sp³-hybridized carbons (Fsp3) is 0.750. The van der Waals surface area contributed by atoms with Gasteiger partial charge in [-0.05, 0) is 84.0 Å². The third-order valence-corrected chi connectivity index (χ3v) is 7.90. The first kappa shape index (κ1) is 25.5. The van der Waals surface area contributed by atoms with Gasteiger partial charge in [-0.1, -0.05) is 0 Å². The van der Waals surface area contributed by atoms with Crippen LogP contribution in [0.1, 0.15) is 92.0 Å². The van der Waals surface area contributed by atoms with E-state index < -0.39 is 11.5 Å². The molecule has 0 atom stereocenters. The van der Waals surface area contributed by atoms with E-state index >= 15 is 0 Å². The van der Waals surface area contributed by atoms with Crippen LogP contribution >= 0.6 is 11.3 Å². The number of aryl methyl sites for hydroxylation is 1. The summed E-state index contributed by atoms with van der Waals surface area (Å²) in [5.41, 5.74) is 6.02. The first-order chi connectivity index (χ1) is 15.6. The Kier molecular flexibility index (Phi) is 8.37. The molecule has 0 aromatic carbocycles. The summed E-state index contributed by atoms with van der Waals surface area (Å²) in [6.45, 7) is 7.04. The van der Waals surface area contributed by atoms with Gasteiger partial charge < -0.3 is 20.1 Å². The third kappa shape index (κ3) is 6.91. The van der Waals surface area contributed by atoms with Gasteiger partial charge in [0.2, 0.25) is 0 Å². The van der Waals surface area contributed by atoms with E-state index in [0.29, 0.717) is 29.9 Å². The molecule has 1 aromatic heterocycles. The molecule has 2 fully saturated rings. The van der Waals surface area contributed by atoms with E-state index in [0.717, 1.165) is 61.9 Å². The first-order valence-electron chi connectivity index (χ1n) is 11.9. The van der Waals surface area contributed by atoms with Gasteiger partial charge in [0.25, 0.3) is 5.91 Å². The monoisotopic (exact) mass is 479 g/mol. The molecule has 0 radical (unpaired) electrons. The Labute approximate surface area is 200 Å². The molecule has 0 spiro atoms. The number of nitrogens with zero attached hydrogens (tertiary/aromatic N) is 2. The van der Waals surface area contributed by atoms with Gasteiger partial charge >= 0.3 is 12.1 Å². The summed E-state index contributed by atoms with van der Waals surface area (Å²) < 4.78 is 10.4. The molecule has 2 amide bonds. The summed E-state index contributed by atoms with van der Waals surface area (Å²) in [5.74, 6) is 0.161. The van der Waals surface area contributed by atoms with Gasteiger partial charge in [-0.25, -0.2) is 9.78 Å². The molecule has 2 aliphatic rings. The van der Waals surface area contributed by atoms with Crippen molar-refractivity contribution in [3.8, 4) is 0 Å². The largest absolute Gasteiger partial charge is 0.469 e. The molecular weight excluding hydrogens is 442 g/mol. The van der Waals surface area contributed by atoms with E-state index in [1.807, 2.05) is 20.8 Å². The maximum absolute atomic E-state index is 12.3. The SMILES string of the molecule is COC(=O)C1CCC(c2sc(C(N)=O)nc2CCC2CCN(C(=O)OC(C)(C)C)CC2)CC1. The fourth-order valence-corrected chi connectivity index (χ4v) is 5.93. The number of hydrogen-bond acceptors (Lipinski definition) is 7. The minimum atomic E-state index is -0.485. The molecule has 9 heteroatoms. The zero-order valence-corrected chi connectivity index (χ0v) is 21.0. The molecule has 1 saturated heterocycles. The zero-order valence-electron chi connectivity index (χ0n) is 20.2. The average Bonchev–Trinajstić information content (AvgIpc) is 3.21. The van der Waals surface area contributed by atoms with Crippen molar-refractivity contribution in [3.05, 3.63) is 15.6 Å². The highest BCUT2D eigenvalue weighted by Gasteiger charge is 2.32. The number of piperidine rings is 1. The summed E-state index contributed by atoms with van der Waals surface area (Å²) in [6, 6.07) is 0. The Morgan fingerprint density at radius 2 is 1.73 bits per heavy atom. The highest BCUT2D eigenvalue weighted by molar-refractivity contribution is 7.13. The lowest BCUT2D eigenvalue weighted by Gasteiger charge is -2.33. The van der Waals surface area contributed by atoms with Crippen LogP contribution in [-0.2, 0) is 20.7 Å². The van der Waals surface area contributed by atoms with E-state index in [9.17, 15) is 14.4 Å². The van der Waals surface area contributed by atoms with Crippen LogP contribution in [0.3, 0.4) is 0 Å². The Morgan fingerprint density at radius 1 is 1.09 bits per heavy atom. The Balaban J connectivity index is 1.56. The van der Waals surface area contributed by atoms with Crippen molar-refractivity contribution >= 4 is 29.3 Å². The molecule has 1 aliphatic carbocycles. The van der Waals surface area contributed by atoms with Gasteiger partial charge in [-0.3, -0.25) is 9.59 Å². The van der Waals surface area contributed by atoms with Crippen molar-refractivity contribution in [2.24, 2.45) is 17.6 Å². The van der Waals surface area contributed by atoms with Gasteiger partial charge in [-0.2, -0.15) is 0 Å². The lowest BCUT2D eigenvalue weighted by atomic mass is 9.80. The predicted molar refractivity (Wildman–Crippen MR) is 126 cm³/mol.